The Hall–Kier alpha value is -1.79. The molecule has 0 spiro atoms. The van der Waals surface area contributed by atoms with E-state index in [-0.39, 0.29) is 17.4 Å². The molecule has 0 fully saturated rings. The number of nitrogens with zero attached hydrogens (tertiary/aromatic N) is 1. The van der Waals surface area contributed by atoms with Gasteiger partial charge in [-0.25, -0.2) is 4.98 Å². The maximum absolute atomic E-state index is 11.4. The van der Waals surface area contributed by atoms with Crippen LogP contribution in [0.1, 0.15) is 24.9 Å². The Morgan fingerprint density at radius 1 is 1.42 bits per heavy atom. The van der Waals surface area contributed by atoms with Gasteiger partial charge in [-0.2, -0.15) is 0 Å². The third-order valence-corrected chi connectivity index (χ3v) is 3.68. The minimum atomic E-state index is -0.257. The van der Waals surface area contributed by atoms with Crippen molar-refractivity contribution in [2.45, 2.75) is 29.4 Å². The van der Waals surface area contributed by atoms with Crippen LogP contribution in [0.25, 0.3) is 0 Å². The first-order chi connectivity index (χ1) is 9.10. The summed E-state index contributed by atoms with van der Waals surface area (Å²) in [5.41, 5.74) is 12.4. The second-order valence-electron chi connectivity index (χ2n) is 4.13. The summed E-state index contributed by atoms with van der Waals surface area (Å²) in [5, 5.41) is 0.473. The molecule has 0 radical (unpaired) electrons. The number of hydrogen-bond donors (Lipinski definition) is 3. The predicted molar refractivity (Wildman–Crippen MR) is 77.1 cm³/mol. The highest BCUT2D eigenvalue weighted by Crippen LogP contribution is 2.31. The van der Waals surface area contributed by atoms with E-state index < -0.39 is 0 Å². The standard InChI is InChI=1S/C13H16N4OS/c1-2-9(14)8-5-3-4-6-10(8)19-13-16-11(15)7-12(18)17-13/h3-7,9H,2,14H2,1H3,(H3,15,16,17,18)/t9-/m0/s1. The van der Waals surface area contributed by atoms with E-state index in [1.807, 2.05) is 31.2 Å². The fraction of sp³-hybridized carbons (Fsp3) is 0.231. The van der Waals surface area contributed by atoms with Gasteiger partial charge in [0.2, 0.25) is 0 Å². The highest BCUT2D eigenvalue weighted by atomic mass is 32.2. The number of aromatic amines is 1. The monoisotopic (exact) mass is 276 g/mol. The second kappa shape index (κ2) is 5.90. The van der Waals surface area contributed by atoms with Gasteiger partial charge < -0.3 is 16.5 Å². The van der Waals surface area contributed by atoms with Gasteiger partial charge in [0, 0.05) is 17.0 Å². The number of rotatable bonds is 4. The lowest BCUT2D eigenvalue weighted by Crippen LogP contribution is -2.11. The number of nitrogens with two attached hydrogens (primary N) is 2. The summed E-state index contributed by atoms with van der Waals surface area (Å²) < 4.78 is 0. The van der Waals surface area contributed by atoms with Crippen molar-refractivity contribution < 1.29 is 0 Å². The number of aromatic nitrogens is 2. The van der Waals surface area contributed by atoms with Crippen LogP contribution in [-0.2, 0) is 0 Å². The van der Waals surface area contributed by atoms with Gasteiger partial charge in [0.1, 0.15) is 5.82 Å². The van der Waals surface area contributed by atoms with Crippen molar-refractivity contribution in [3.8, 4) is 0 Å². The summed E-state index contributed by atoms with van der Waals surface area (Å²) in [6, 6.07) is 9.05. The molecule has 0 bridgehead atoms. The van der Waals surface area contributed by atoms with Crippen LogP contribution in [0, 0.1) is 0 Å². The van der Waals surface area contributed by atoms with E-state index in [0.717, 1.165) is 16.9 Å². The zero-order valence-electron chi connectivity index (χ0n) is 10.6. The van der Waals surface area contributed by atoms with Gasteiger partial charge in [-0.05, 0) is 18.1 Å². The summed E-state index contributed by atoms with van der Waals surface area (Å²) in [5.74, 6) is 0.212. The van der Waals surface area contributed by atoms with Crippen molar-refractivity contribution in [3.63, 3.8) is 0 Å². The molecule has 0 unspecified atom stereocenters. The maximum atomic E-state index is 11.4. The topological polar surface area (TPSA) is 97.8 Å². The first kappa shape index (κ1) is 13.6. The average molecular weight is 276 g/mol. The Balaban J connectivity index is 2.35. The lowest BCUT2D eigenvalue weighted by atomic mass is 10.1. The Labute approximate surface area is 115 Å². The molecule has 0 aliphatic heterocycles. The second-order valence-corrected chi connectivity index (χ2v) is 5.16. The summed E-state index contributed by atoms with van der Waals surface area (Å²) in [7, 11) is 0. The zero-order valence-corrected chi connectivity index (χ0v) is 11.4. The fourth-order valence-corrected chi connectivity index (χ4v) is 2.70. The van der Waals surface area contributed by atoms with Gasteiger partial charge in [-0.3, -0.25) is 4.79 Å². The first-order valence-electron chi connectivity index (χ1n) is 5.99. The number of hydrogen-bond acceptors (Lipinski definition) is 5. The van der Waals surface area contributed by atoms with Gasteiger partial charge in [-0.15, -0.1) is 0 Å². The molecule has 0 aliphatic carbocycles. The van der Waals surface area contributed by atoms with Crippen molar-refractivity contribution in [2.24, 2.45) is 5.73 Å². The Kier molecular flexibility index (Phi) is 4.24. The van der Waals surface area contributed by atoms with E-state index in [2.05, 4.69) is 9.97 Å². The number of nitrogen functional groups attached to an aromatic ring is 1. The zero-order chi connectivity index (χ0) is 13.8. The third kappa shape index (κ3) is 3.36. The van der Waals surface area contributed by atoms with E-state index in [0.29, 0.717) is 5.16 Å². The third-order valence-electron chi connectivity index (χ3n) is 2.70. The molecule has 100 valence electrons. The molecule has 0 aliphatic rings. The molecule has 0 amide bonds. The SMILES string of the molecule is CC[C@H](N)c1ccccc1Sc1nc(N)cc(=O)[nH]1. The van der Waals surface area contributed by atoms with Crippen molar-refractivity contribution in [1.29, 1.82) is 0 Å². The highest BCUT2D eigenvalue weighted by molar-refractivity contribution is 7.99. The van der Waals surface area contributed by atoms with Crippen LogP contribution in [0.3, 0.4) is 0 Å². The maximum Gasteiger partial charge on any atom is 0.253 e. The smallest absolute Gasteiger partial charge is 0.253 e. The number of nitrogens with one attached hydrogen (secondary N) is 1. The lowest BCUT2D eigenvalue weighted by molar-refractivity contribution is 0.685. The Bertz CT molecular complexity index is 626. The fourth-order valence-electron chi connectivity index (χ4n) is 1.71. The van der Waals surface area contributed by atoms with E-state index in [1.54, 1.807) is 0 Å². The van der Waals surface area contributed by atoms with Gasteiger partial charge in [0.25, 0.3) is 5.56 Å². The van der Waals surface area contributed by atoms with Crippen molar-refractivity contribution in [1.82, 2.24) is 9.97 Å². The van der Waals surface area contributed by atoms with Gasteiger partial charge in [-0.1, -0.05) is 36.9 Å². The Morgan fingerprint density at radius 2 is 2.16 bits per heavy atom. The molecule has 1 heterocycles. The van der Waals surface area contributed by atoms with Crippen molar-refractivity contribution >= 4 is 17.6 Å². The molecular formula is C13H16N4OS. The molecule has 2 rings (SSSR count). The molecule has 19 heavy (non-hydrogen) atoms. The summed E-state index contributed by atoms with van der Waals surface area (Å²) >= 11 is 1.36. The molecule has 0 saturated heterocycles. The van der Waals surface area contributed by atoms with Gasteiger partial charge in [0.05, 0.1) is 0 Å². The van der Waals surface area contributed by atoms with Crippen molar-refractivity contribution in [2.75, 3.05) is 5.73 Å². The predicted octanol–water partition coefficient (Wildman–Crippen LogP) is 1.91. The molecule has 0 saturated carbocycles. The van der Waals surface area contributed by atoms with Crippen LogP contribution >= 0.6 is 11.8 Å². The quantitative estimate of drug-likeness (QED) is 0.741. The van der Waals surface area contributed by atoms with Crippen LogP contribution in [0.15, 0.2) is 45.2 Å². The molecule has 6 heteroatoms. The Morgan fingerprint density at radius 3 is 2.84 bits per heavy atom. The normalized spacial score (nSPS) is 12.3. The van der Waals surface area contributed by atoms with E-state index >= 15 is 0 Å². The average Bonchev–Trinajstić information content (AvgIpc) is 2.37. The van der Waals surface area contributed by atoms with Crippen molar-refractivity contribution in [3.05, 3.63) is 46.2 Å². The molecule has 5 nitrogen and oxygen atoms in total. The molecule has 1 aromatic carbocycles. The summed E-state index contributed by atoms with van der Waals surface area (Å²) in [6.45, 7) is 2.03. The highest BCUT2D eigenvalue weighted by Gasteiger charge is 2.11. The van der Waals surface area contributed by atoms with Crippen LogP contribution in [-0.4, -0.2) is 9.97 Å². The molecule has 5 N–H and O–H groups in total. The van der Waals surface area contributed by atoms with Gasteiger partial charge >= 0.3 is 0 Å². The number of benzene rings is 1. The van der Waals surface area contributed by atoms with E-state index in [1.165, 1.54) is 17.8 Å². The van der Waals surface area contributed by atoms with Gasteiger partial charge in [0.15, 0.2) is 5.16 Å². The number of anilines is 1. The van der Waals surface area contributed by atoms with E-state index in [9.17, 15) is 4.79 Å². The first-order valence-corrected chi connectivity index (χ1v) is 6.81. The van der Waals surface area contributed by atoms with Crippen LogP contribution < -0.4 is 17.0 Å². The summed E-state index contributed by atoms with van der Waals surface area (Å²) in [6.07, 6.45) is 0.846. The molecule has 2 aromatic rings. The lowest BCUT2D eigenvalue weighted by Gasteiger charge is -2.13. The minimum Gasteiger partial charge on any atom is -0.383 e. The molecule has 1 atom stereocenters. The van der Waals surface area contributed by atoms with Crippen LogP contribution in [0.5, 0.6) is 0 Å². The number of H-pyrrole nitrogens is 1. The largest absolute Gasteiger partial charge is 0.383 e. The van der Waals surface area contributed by atoms with Crippen LogP contribution in [0.4, 0.5) is 5.82 Å². The molecule has 1 aromatic heterocycles. The summed E-state index contributed by atoms with van der Waals surface area (Å²) in [4.78, 5) is 19.1. The molecular weight excluding hydrogens is 260 g/mol. The van der Waals surface area contributed by atoms with Crippen LogP contribution in [0.2, 0.25) is 0 Å². The minimum absolute atomic E-state index is 0.0310. The van der Waals surface area contributed by atoms with E-state index in [4.69, 9.17) is 11.5 Å².